The smallest absolute Gasteiger partial charge is 0.237 e. The van der Waals surface area contributed by atoms with Gasteiger partial charge in [-0.05, 0) is 12.3 Å². The number of carbonyl (C=O) groups is 1. The number of nitrogens with two attached hydrogens (primary N) is 1. The lowest BCUT2D eigenvalue weighted by Gasteiger charge is -2.22. The molecular formula is C12H26N2O2. The van der Waals surface area contributed by atoms with E-state index < -0.39 is 6.04 Å². The van der Waals surface area contributed by atoms with E-state index >= 15 is 0 Å². The van der Waals surface area contributed by atoms with Crippen LogP contribution in [0.4, 0.5) is 0 Å². The van der Waals surface area contributed by atoms with Gasteiger partial charge in [-0.3, -0.25) is 4.79 Å². The Morgan fingerprint density at radius 2 is 2.06 bits per heavy atom. The minimum Gasteiger partial charge on any atom is -0.383 e. The van der Waals surface area contributed by atoms with E-state index in [1.165, 1.54) is 0 Å². The van der Waals surface area contributed by atoms with Gasteiger partial charge in [0.25, 0.3) is 0 Å². The van der Waals surface area contributed by atoms with Gasteiger partial charge in [0.05, 0.1) is 18.7 Å². The molecule has 0 aromatic rings. The van der Waals surface area contributed by atoms with Gasteiger partial charge in [-0.15, -0.1) is 0 Å². The van der Waals surface area contributed by atoms with E-state index in [0.29, 0.717) is 6.61 Å². The van der Waals surface area contributed by atoms with Crippen LogP contribution < -0.4 is 11.1 Å². The Balaban J connectivity index is 4.16. The maximum absolute atomic E-state index is 11.8. The van der Waals surface area contributed by atoms with Crippen molar-refractivity contribution in [1.82, 2.24) is 5.32 Å². The zero-order valence-corrected chi connectivity index (χ0v) is 11.0. The van der Waals surface area contributed by atoms with E-state index in [0.717, 1.165) is 19.3 Å². The molecule has 0 heterocycles. The number of ether oxygens (including phenoxy) is 1. The topological polar surface area (TPSA) is 64.3 Å². The highest BCUT2D eigenvalue weighted by molar-refractivity contribution is 5.82. The summed E-state index contributed by atoms with van der Waals surface area (Å²) in [6.45, 7) is 6.67. The largest absolute Gasteiger partial charge is 0.383 e. The molecule has 0 aromatic carbocycles. The third-order valence-corrected chi connectivity index (χ3v) is 2.91. The van der Waals surface area contributed by atoms with Crippen molar-refractivity contribution >= 4 is 5.91 Å². The lowest BCUT2D eigenvalue weighted by Crippen LogP contribution is -2.49. The van der Waals surface area contributed by atoms with Crippen LogP contribution in [0.5, 0.6) is 0 Å². The first-order chi connectivity index (χ1) is 7.56. The van der Waals surface area contributed by atoms with E-state index in [4.69, 9.17) is 10.5 Å². The van der Waals surface area contributed by atoms with Crippen molar-refractivity contribution in [3.05, 3.63) is 0 Å². The fourth-order valence-corrected chi connectivity index (χ4v) is 1.56. The monoisotopic (exact) mass is 230 g/mol. The van der Waals surface area contributed by atoms with Crippen molar-refractivity contribution in [2.45, 2.75) is 52.1 Å². The minimum atomic E-state index is -0.416. The van der Waals surface area contributed by atoms with Gasteiger partial charge in [0.1, 0.15) is 0 Å². The van der Waals surface area contributed by atoms with E-state index in [2.05, 4.69) is 12.2 Å². The number of methoxy groups -OCH3 is 1. The molecule has 1 amide bonds. The maximum Gasteiger partial charge on any atom is 0.237 e. The fourth-order valence-electron chi connectivity index (χ4n) is 1.56. The quantitative estimate of drug-likeness (QED) is 0.660. The molecule has 4 heteroatoms. The highest BCUT2D eigenvalue weighted by Gasteiger charge is 2.21. The first-order valence-electron chi connectivity index (χ1n) is 6.11. The molecule has 96 valence electrons. The number of carbonyl (C=O) groups excluding carboxylic acids is 1. The molecule has 0 aliphatic heterocycles. The molecule has 0 fully saturated rings. The third kappa shape index (κ3) is 5.47. The summed E-state index contributed by atoms with van der Waals surface area (Å²) in [5, 5.41) is 2.94. The average Bonchev–Trinajstić information content (AvgIpc) is 2.27. The Labute approximate surface area is 98.9 Å². The Bertz CT molecular complexity index is 191. The molecule has 16 heavy (non-hydrogen) atoms. The Morgan fingerprint density at radius 1 is 1.44 bits per heavy atom. The van der Waals surface area contributed by atoms with Gasteiger partial charge in [-0.2, -0.15) is 0 Å². The number of amides is 1. The highest BCUT2D eigenvalue weighted by atomic mass is 16.5. The predicted octanol–water partition coefficient (Wildman–Crippen LogP) is 1.29. The van der Waals surface area contributed by atoms with Gasteiger partial charge >= 0.3 is 0 Å². The number of hydrogen-bond donors (Lipinski definition) is 2. The maximum atomic E-state index is 11.8. The van der Waals surface area contributed by atoms with E-state index in [9.17, 15) is 4.79 Å². The molecule has 0 saturated heterocycles. The van der Waals surface area contributed by atoms with Crippen LogP contribution in [0.3, 0.4) is 0 Å². The van der Waals surface area contributed by atoms with Gasteiger partial charge in [-0.1, -0.05) is 33.6 Å². The van der Waals surface area contributed by atoms with Crippen LogP contribution in [0.2, 0.25) is 0 Å². The van der Waals surface area contributed by atoms with Crippen LogP contribution in [0.15, 0.2) is 0 Å². The number of nitrogens with one attached hydrogen (secondary N) is 1. The molecule has 0 rings (SSSR count). The summed E-state index contributed by atoms with van der Waals surface area (Å²) in [6, 6.07) is -0.334. The first-order valence-corrected chi connectivity index (χ1v) is 6.11. The lowest BCUT2D eigenvalue weighted by molar-refractivity contribution is -0.124. The zero-order valence-electron chi connectivity index (χ0n) is 11.0. The average molecular weight is 230 g/mol. The molecule has 0 aliphatic carbocycles. The molecule has 0 aromatic heterocycles. The Hall–Kier alpha value is -0.610. The van der Waals surface area contributed by atoms with Gasteiger partial charge in [0.2, 0.25) is 5.91 Å². The van der Waals surface area contributed by atoms with Gasteiger partial charge in [0, 0.05) is 7.11 Å². The molecule has 0 aliphatic rings. The van der Waals surface area contributed by atoms with Crippen molar-refractivity contribution < 1.29 is 9.53 Å². The second kappa shape index (κ2) is 8.53. The highest BCUT2D eigenvalue weighted by Crippen LogP contribution is 2.06. The number of rotatable bonds is 8. The summed E-state index contributed by atoms with van der Waals surface area (Å²) in [5.74, 6) is 0.148. The van der Waals surface area contributed by atoms with Crippen molar-refractivity contribution in [2.24, 2.45) is 11.7 Å². The first kappa shape index (κ1) is 15.4. The molecule has 4 nitrogen and oxygen atoms in total. The molecule has 0 spiro atoms. The molecule has 0 radical (unpaired) electrons. The van der Waals surface area contributed by atoms with Crippen LogP contribution in [-0.4, -0.2) is 31.7 Å². The Morgan fingerprint density at radius 3 is 2.50 bits per heavy atom. The molecule has 0 saturated carbocycles. The third-order valence-electron chi connectivity index (χ3n) is 2.91. The van der Waals surface area contributed by atoms with Gasteiger partial charge in [0.15, 0.2) is 0 Å². The molecule has 3 N–H and O–H groups in total. The van der Waals surface area contributed by atoms with E-state index in [-0.39, 0.29) is 17.9 Å². The summed E-state index contributed by atoms with van der Waals surface area (Å²) in [6.07, 6.45) is 2.86. The second-order valence-corrected chi connectivity index (χ2v) is 4.36. The Kier molecular flexibility index (Phi) is 8.21. The molecule has 1 unspecified atom stereocenters. The molecular weight excluding hydrogens is 204 g/mol. The van der Waals surface area contributed by atoms with E-state index in [1.54, 1.807) is 7.11 Å². The fraction of sp³-hybridized carbons (Fsp3) is 0.917. The summed E-state index contributed by atoms with van der Waals surface area (Å²) in [5.41, 5.74) is 5.86. The lowest BCUT2D eigenvalue weighted by atomic mass is 9.99. The SMILES string of the molecule is CCCC(COC)NC(=O)[C@@H](N)[C@@H](C)CC. The van der Waals surface area contributed by atoms with Crippen molar-refractivity contribution in [3.63, 3.8) is 0 Å². The van der Waals surface area contributed by atoms with Crippen LogP contribution in [0, 0.1) is 5.92 Å². The summed E-state index contributed by atoms with van der Waals surface area (Å²) in [7, 11) is 1.64. The predicted molar refractivity (Wildman–Crippen MR) is 66.1 cm³/mol. The van der Waals surface area contributed by atoms with Crippen LogP contribution in [0.1, 0.15) is 40.0 Å². The number of hydrogen-bond acceptors (Lipinski definition) is 3. The van der Waals surface area contributed by atoms with Crippen LogP contribution in [-0.2, 0) is 9.53 Å². The van der Waals surface area contributed by atoms with Crippen molar-refractivity contribution in [3.8, 4) is 0 Å². The van der Waals surface area contributed by atoms with E-state index in [1.807, 2.05) is 13.8 Å². The summed E-state index contributed by atoms with van der Waals surface area (Å²) >= 11 is 0. The minimum absolute atomic E-state index is 0.0650. The summed E-state index contributed by atoms with van der Waals surface area (Å²) < 4.78 is 5.07. The zero-order chi connectivity index (χ0) is 12.6. The molecule has 0 bridgehead atoms. The van der Waals surface area contributed by atoms with Crippen LogP contribution in [0.25, 0.3) is 0 Å². The second-order valence-electron chi connectivity index (χ2n) is 4.36. The van der Waals surface area contributed by atoms with Gasteiger partial charge in [-0.25, -0.2) is 0 Å². The van der Waals surface area contributed by atoms with Crippen molar-refractivity contribution in [1.29, 1.82) is 0 Å². The van der Waals surface area contributed by atoms with Crippen LogP contribution >= 0.6 is 0 Å². The van der Waals surface area contributed by atoms with Gasteiger partial charge < -0.3 is 15.8 Å². The van der Waals surface area contributed by atoms with Crippen molar-refractivity contribution in [2.75, 3.05) is 13.7 Å². The summed E-state index contributed by atoms with van der Waals surface area (Å²) in [4.78, 5) is 11.8. The standard InChI is InChI=1S/C12H26N2O2/c1-5-7-10(8-16-4)14-12(15)11(13)9(3)6-2/h9-11H,5-8,13H2,1-4H3,(H,14,15)/t9-,10?,11-/m0/s1. The normalized spacial score (nSPS) is 16.6. The molecule has 3 atom stereocenters.